The molecule has 1 atom stereocenters. The minimum Gasteiger partial charge on any atom is -0.492 e. The number of sulfonamides is 1. The van der Waals surface area contributed by atoms with Gasteiger partial charge in [-0.15, -0.1) is 11.8 Å². The number of piperidine rings is 1. The van der Waals surface area contributed by atoms with Gasteiger partial charge in [0.05, 0.1) is 34.4 Å². The molecule has 1 N–H and O–H groups in total. The van der Waals surface area contributed by atoms with Crippen molar-refractivity contribution in [2.24, 2.45) is 0 Å². The Morgan fingerprint density at radius 3 is 2.63 bits per heavy atom. The summed E-state index contributed by atoms with van der Waals surface area (Å²) < 4.78 is 56.1. The third-order valence-corrected chi connectivity index (χ3v) is 10.3. The Morgan fingerprint density at radius 2 is 2.00 bits per heavy atom. The summed E-state index contributed by atoms with van der Waals surface area (Å²) in [6.07, 6.45) is 3.26. The van der Waals surface area contributed by atoms with Crippen LogP contribution in [-0.4, -0.2) is 69.3 Å². The van der Waals surface area contributed by atoms with Crippen LogP contribution < -0.4 is 10.1 Å². The summed E-state index contributed by atoms with van der Waals surface area (Å²) >= 11 is 1.31. The van der Waals surface area contributed by atoms with Crippen LogP contribution in [0.2, 0.25) is 0 Å². The molecule has 2 heterocycles. The smallest absolute Gasteiger partial charge is 0.243 e. The van der Waals surface area contributed by atoms with E-state index in [0.717, 1.165) is 19.3 Å². The molecule has 8 nitrogen and oxygen atoms in total. The van der Waals surface area contributed by atoms with Crippen LogP contribution in [0.4, 0.5) is 5.69 Å². The largest absolute Gasteiger partial charge is 0.492 e. The summed E-state index contributed by atoms with van der Waals surface area (Å²) in [5.41, 5.74) is 0.305. The third-order valence-electron chi connectivity index (χ3n) is 5.12. The molecular weight excluding hydrogens is 448 g/mol. The lowest BCUT2D eigenvalue weighted by atomic mass is 10.2. The molecule has 3 rings (SSSR count). The Bertz CT molecular complexity index is 972. The minimum atomic E-state index is -3.64. The number of hydrogen-bond acceptors (Lipinski definition) is 7. The van der Waals surface area contributed by atoms with Gasteiger partial charge in [0.1, 0.15) is 5.75 Å². The zero-order valence-corrected chi connectivity index (χ0v) is 19.5. The molecule has 1 amide bonds. The quantitative estimate of drug-likeness (QED) is 0.612. The fourth-order valence-corrected chi connectivity index (χ4v) is 8.56. The summed E-state index contributed by atoms with van der Waals surface area (Å²) in [4.78, 5) is 12.6. The lowest BCUT2D eigenvalue weighted by molar-refractivity contribution is -0.113. The van der Waals surface area contributed by atoms with E-state index in [1.165, 1.54) is 28.2 Å². The molecule has 11 heteroatoms. The fraction of sp³-hybridized carbons (Fsp3) is 0.632. The number of thioether (sulfide) groups is 1. The maximum atomic E-state index is 13.0. The molecule has 0 radical (unpaired) electrons. The molecule has 1 aromatic carbocycles. The number of nitrogens with zero attached hydrogens (tertiary/aromatic N) is 1. The summed E-state index contributed by atoms with van der Waals surface area (Å²) in [5, 5.41) is 2.65. The second-order valence-electron chi connectivity index (χ2n) is 7.44. The highest BCUT2D eigenvalue weighted by atomic mass is 32.2. The maximum absolute atomic E-state index is 13.0. The van der Waals surface area contributed by atoms with Gasteiger partial charge in [-0.05, 0) is 44.4 Å². The molecule has 2 fully saturated rings. The van der Waals surface area contributed by atoms with Crippen molar-refractivity contribution in [3.05, 3.63) is 18.2 Å². The summed E-state index contributed by atoms with van der Waals surface area (Å²) in [5.74, 6) is 0.430. The normalized spacial score (nSPS) is 22.0. The molecule has 0 bridgehead atoms. The Hall–Kier alpha value is -1.30. The first-order chi connectivity index (χ1) is 14.2. The van der Waals surface area contributed by atoms with Crippen molar-refractivity contribution in [2.45, 2.75) is 42.8 Å². The SMILES string of the molecule is CCOc1ccc(S(=O)(=O)N2CCCCC2)cc1NC(=O)CSC1CCS(=O)(=O)C1. The molecule has 0 aromatic heterocycles. The molecule has 0 saturated carbocycles. The molecular formula is C19H28N2O6S3. The number of benzene rings is 1. The summed E-state index contributed by atoms with van der Waals surface area (Å²) in [7, 11) is -6.63. The van der Waals surface area contributed by atoms with Crippen LogP contribution in [0.15, 0.2) is 23.1 Å². The average molecular weight is 477 g/mol. The van der Waals surface area contributed by atoms with Crippen molar-refractivity contribution >= 4 is 43.2 Å². The molecule has 30 heavy (non-hydrogen) atoms. The second-order valence-corrected chi connectivity index (χ2v) is 12.9. The van der Waals surface area contributed by atoms with Crippen LogP contribution in [0.25, 0.3) is 0 Å². The number of nitrogens with one attached hydrogen (secondary N) is 1. The highest BCUT2D eigenvalue weighted by molar-refractivity contribution is 8.02. The van der Waals surface area contributed by atoms with Crippen molar-refractivity contribution in [2.75, 3.05) is 42.3 Å². The van der Waals surface area contributed by atoms with E-state index in [9.17, 15) is 21.6 Å². The number of anilines is 1. The van der Waals surface area contributed by atoms with E-state index in [4.69, 9.17) is 4.74 Å². The number of sulfone groups is 1. The fourth-order valence-electron chi connectivity index (χ4n) is 3.58. The van der Waals surface area contributed by atoms with E-state index in [2.05, 4.69) is 5.32 Å². The van der Waals surface area contributed by atoms with Gasteiger partial charge in [0.25, 0.3) is 0 Å². The van der Waals surface area contributed by atoms with Gasteiger partial charge < -0.3 is 10.1 Å². The number of carbonyl (C=O) groups excluding carboxylic acids is 1. The van der Waals surface area contributed by atoms with Crippen LogP contribution >= 0.6 is 11.8 Å². The lowest BCUT2D eigenvalue weighted by Crippen LogP contribution is -2.35. The predicted molar refractivity (Wildman–Crippen MR) is 118 cm³/mol. The molecule has 2 saturated heterocycles. The minimum absolute atomic E-state index is 0.0853. The zero-order valence-electron chi connectivity index (χ0n) is 17.0. The van der Waals surface area contributed by atoms with Gasteiger partial charge in [-0.2, -0.15) is 4.31 Å². The maximum Gasteiger partial charge on any atom is 0.243 e. The van der Waals surface area contributed by atoms with Crippen molar-refractivity contribution in [1.29, 1.82) is 0 Å². The third kappa shape index (κ3) is 5.89. The van der Waals surface area contributed by atoms with Gasteiger partial charge >= 0.3 is 0 Å². The molecule has 1 aromatic rings. The molecule has 168 valence electrons. The number of hydrogen-bond donors (Lipinski definition) is 1. The predicted octanol–water partition coefficient (Wildman–Crippen LogP) is 2.12. The van der Waals surface area contributed by atoms with Crippen LogP contribution in [0, 0.1) is 0 Å². The average Bonchev–Trinajstić information content (AvgIpc) is 3.07. The Labute approximate surface area is 182 Å². The first-order valence-corrected chi connectivity index (χ1v) is 14.4. The topological polar surface area (TPSA) is 110 Å². The Balaban J connectivity index is 1.72. The highest BCUT2D eigenvalue weighted by Gasteiger charge is 2.29. The highest BCUT2D eigenvalue weighted by Crippen LogP contribution is 2.31. The lowest BCUT2D eigenvalue weighted by Gasteiger charge is -2.26. The van der Waals surface area contributed by atoms with E-state index in [1.54, 1.807) is 13.0 Å². The zero-order chi connectivity index (χ0) is 21.8. The molecule has 0 aliphatic carbocycles. The van der Waals surface area contributed by atoms with E-state index in [-0.39, 0.29) is 33.3 Å². The summed E-state index contributed by atoms with van der Waals surface area (Å²) in [6.45, 7) is 3.17. The standard InChI is InChI=1S/C19H28N2O6S3/c1-2-27-18-7-6-16(30(25,26)21-9-4-3-5-10-21)12-17(18)20-19(22)13-28-15-8-11-29(23,24)14-15/h6-7,12,15H,2-5,8-11,13-14H2,1H3,(H,20,22). The Kier molecular flexibility index (Phi) is 7.70. The van der Waals surface area contributed by atoms with Crippen molar-refractivity contribution in [3.8, 4) is 5.75 Å². The van der Waals surface area contributed by atoms with Crippen molar-refractivity contribution < 1.29 is 26.4 Å². The summed E-state index contributed by atoms with van der Waals surface area (Å²) in [6, 6.07) is 4.51. The number of ether oxygens (including phenoxy) is 1. The van der Waals surface area contributed by atoms with Gasteiger partial charge in [-0.1, -0.05) is 6.42 Å². The molecule has 0 spiro atoms. The van der Waals surface area contributed by atoms with Gasteiger partial charge in [0.15, 0.2) is 9.84 Å². The monoisotopic (exact) mass is 476 g/mol. The van der Waals surface area contributed by atoms with Gasteiger partial charge in [-0.25, -0.2) is 16.8 Å². The van der Waals surface area contributed by atoms with Crippen LogP contribution in [0.5, 0.6) is 5.75 Å². The first-order valence-electron chi connectivity index (χ1n) is 10.1. The van der Waals surface area contributed by atoms with Crippen LogP contribution in [0.1, 0.15) is 32.6 Å². The van der Waals surface area contributed by atoms with Gasteiger partial charge in [0, 0.05) is 18.3 Å². The van der Waals surface area contributed by atoms with Crippen LogP contribution in [0.3, 0.4) is 0 Å². The van der Waals surface area contributed by atoms with E-state index in [1.807, 2.05) is 0 Å². The van der Waals surface area contributed by atoms with E-state index >= 15 is 0 Å². The second kappa shape index (κ2) is 9.88. The molecule has 2 aliphatic heterocycles. The molecule has 2 aliphatic rings. The van der Waals surface area contributed by atoms with E-state index < -0.39 is 19.9 Å². The van der Waals surface area contributed by atoms with Gasteiger partial charge in [-0.3, -0.25) is 4.79 Å². The van der Waals surface area contributed by atoms with Crippen molar-refractivity contribution in [1.82, 2.24) is 4.31 Å². The number of amides is 1. The van der Waals surface area contributed by atoms with Crippen LogP contribution in [-0.2, 0) is 24.7 Å². The number of carbonyl (C=O) groups is 1. The molecule has 1 unspecified atom stereocenters. The number of rotatable bonds is 8. The van der Waals surface area contributed by atoms with Gasteiger partial charge in [0.2, 0.25) is 15.9 Å². The van der Waals surface area contributed by atoms with E-state index in [0.29, 0.717) is 37.6 Å². The first kappa shape index (κ1) is 23.4. The van der Waals surface area contributed by atoms with Crippen molar-refractivity contribution in [3.63, 3.8) is 0 Å². The Morgan fingerprint density at radius 1 is 1.27 bits per heavy atom.